The molecule has 1 heterocycles. The highest BCUT2D eigenvalue weighted by Gasteiger charge is 2.54. The van der Waals surface area contributed by atoms with Crippen molar-refractivity contribution in [1.29, 1.82) is 0 Å². The lowest BCUT2D eigenvalue weighted by Crippen LogP contribution is -2.28. The van der Waals surface area contributed by atoms with Gasteiger partial charge in [0.1, 0.15) is 11.2 Å². The molecule has 0 saturated carbocycles. The summed E-state index contributed by atoms with van der Waals surface area (Å²) in [5.74, 6) is 0. The summed E-state index contributed by atoms with van der Waals surface area (Å²) in [6.07, 6.45) is 0. The summed E-state index contributed by atoms with van der Waals surface area (Å²) in [5, 5.41) is 2.27. The zero-order valence-corrected chi connectivity index (χ0v) is 36.7. The van der Waals surface area contributed by atoms with E-state index in [2.05, 4.69) is 237 Å². The van der Waals surface area contributed by atoms with Crippen LogP contribution in [0.2, 0.25) is 0 Å². The van der Waals surface area contributed by atoms with Crippen molar-refractivity contribution in [3.8, 4) is 55.6 Å². The SMILES string of the molecule is CC1(C)c2ccccc2-c2ccc(N(c3ccc(-c4cccc5c4oc4ccccc45)cc3)c3cccc4c3C3(c5ccccc5-4)c4ccccc4-c4c(-c5ccccc5)cccc43)cc21. The average molecular weight is 842 g/mol. The molecule has 3 aliphatic rings. The number of hydrogen-bond donors (Lipinski definition) is 0. The smallest absolute Gasteiger partial charge is 0.143 e. The summed E-state index contributed by atoms with van der Waals surface area (Å²) >= 11 is 0. The van der Waals surface area contributed by atoms with E-state index in [1.165, 1.54) is 77.9 Å². The Hall–Kier alpha value is -8.20. The second-order valence-electron chi connectivity index (χ2n) is 18.7. The summed E-state index contributed by atoms with van der Waals surface area (Å²) in [6.45, 7) is 4.75. The van der Waals surface area contributed by atoms with Gasteiger partial charge in [-0.1, -0.05) is 202 Å². The van der Waals surface area contributed by atoms with Crippen molar-refractivity contribution < 1.29 is 4.42 Å². The second kappa shape index (κ2) is 13.7. The highest BCUT2D eigenvalue weighted by atomic mass is 16.3. The lowest BCUT2D eigenvalue weighted by atomic mass is 9.69. The Kier molecular flexibility index (Phi) is 7.70. The molecule has 1 unspecified atom stereocenters. The minimum absolute atomic E-state index is 0.171. The van der Waals surface area contributed by atoms with E-state index in [1.807, 2.05) is 6.07 Å². The quantitative estimate of drug-likeness (QED) is 0.172. The molecule has 0 saturated heterocycles. The van der Waals surface area contributed by atoms with E-state index in [4.69, 9.17) is 4.42 Å². The van der Waals surface area contributed by atoms with Gasteiger partial charge in [0.25, 0.3) is 0 Å². The Labute approximate surface area is 384 Å². The van der Waals surface area contributed by atoms with Crippen LogP contribution in [0.15, 0.2) is 229 Å². The van der Waals surface area contributed by atoms with E-state index in [0.717, 1.165) is 50.1 Å². The summed E-state index contributed by atoms with van der Waals surface area (Å²) in [7, 11) is 0. The first-order chi connectivity index (χ1) is 32.5. The molecule has 0 fully saturated rings. The Bertz CT molecular complexity index is 3800. The molecule has 66 heavy (non-hydrogen) atoms. The molecule has 0 bridgehead atoms. The van der Waals surface area contributed by atoms with Crippen LogP contribution in [-0.4, -0.2) is 0 Å². The zero-order chi connectivity index (χ0) is 43.7. The Morgan fingerprint density at radius 1 is 0.364 bits per heavy atom. The van der Waals surface area contributed by atoms with E-state index in [0.29, 0.717) is 0 Å². The van der Waals surface area contributed by atoms with Gasteiger partial charge in [0, 0.05) is 38.7 Å². The third-order valence-electron chi connectivity index (χ3n) is 15.1. The van der Waals surface area contributed by atoms with E-state index < -0.39 is 5.41 Å². The first kappa shape index (κ1) is 37.2. The number of rotatable bonds is 5. The molecule has 2 heteroatoms. The lowest BCUT2D eigenvalue weighted by Gasteiger charge is -2.36. The Morgan fingerprint density at radius 3 is 1.73 bits per heavy atom. The molecule has 2 nitrogen and oxygen atoms in total. The number of fused-ring (bicyclic) bond motifs is 16. The molecule has 1 aromatic heterocycles. The minimum atomic E-state index is -0.583. The molecular formula is C64H43NO. The Morgan fingerprint density at radius 2 is 0.909 bits per heavy atom. The largest absolute Gasteiger partial charge is 0.455 e. The number of benzene rings is 10. The fourth-order valence-electron chi connectivity index (χ4n) is 12.3. The van der Waals surface area contributed by atoms with Crippen molar-refractivity contribution in [3.63, 3.8) is 0 Å². The summed E-state index contributed by atoms with van der Waals surface area (Å²) < 4.78 is 6.56. The zero-order valence-electron chi connectivity index (χ0n) is 36.7. The van der Waals surface area contributed by atoms with Crippen LogP contribution in [0.5, 0.6) is 0 Å². The molecule has 14 rings (SSSR count). The molecule has 10 aromatic carbocycles. The van der Waals surface area contributed by atoms with E-state index in [9.17, 15) is 0 Å². The molecule has 1 spiro atoms. The highest BCUT2D eigenvalue weighted by molar-refractivity contribution is 6.10. The van der Waals surface area contributed by atoms with Gasteiger partial charge < -0.3 is 9.32 Å². The van der Waals surface area contributed by atoms with Gasteiger partial charge in [0.05, 0.1) is 11.1 Å². The maximum Gasteiger partial charge on any atom is 0.143 e. The van der Waals surface area contributed by atoms with Gasteiger partial charge in [-0.2, -0.15) is 0 Å². The van der Waals surface area contributed by atoms with Gasteiger partial charge in [-0.15, -0.1) is 0 Å². The van der Waals surface area contributed by atoms with Crippen LogP contribution in [0.4, 0.5) is 17.1 Å². The van der Waals surface area contributed by atoms with Crippen LogP contribution in [0, 0.1) is 0 Å². The van der Waals surface area contributed by atoms with Gasteiger partial charge in [0.15, 0.2) is 0 Å². The molecule has 0 aliphatic heterocycles. The molecule has 310 valence electrons. The minimum Gasteiger partial charge on any atom is -0.455 e. The standard InChI is InChI=1S/C64H43NO/c1-63(2)53-27-10-6-19-46(53)48-38-37-43(39-57(48)63)65(42-35-33-41(34-36-42)45-24-14-26-51-49-21-9-13-32-59(49)66-62(45)51)58-31-16-25-50-47-20-7-11-28-54(47)64(61(50)58)55-29-12-8-22-52(55)60-44(23-15-30-56(60)64)40-17-4-3-5-18-40/h3-39H,1-2H3. The molecule has 11 aromatic rings. The van der Waals surface area contributed by atoms with Gasteiger partial charge >= 0.3 is 0 Å². The molecule has 0 radical (unpaired) electrons. The van der Waals surface area contributed by atoms with Crippen molar-refractivity contribution in [3.05, 3.63) is 258 Å². The van der Waals surface area contributed by atoms with Crippen molar-refractivity contribution >= 4 is 39.0 Å². The van der Waals surface area contributed by atoms with Crippen molar-refractivity contribution in [1.82, 2.24) is 0 Å². The molecule has 1 atom stereocenters. The third kappa shape index (κ3) is 4.91. The number of hydrogen-bond acceptors (Lipinski definition) is 2. The predicted molar refractivity (Wildman–Crippen MR) is 273 cm³/mol. The van der Waals surface area contributed by atoms with E-state index in [1.54, 1.807) is 0 Å². The van der Waals surface area contributed by atoms with Gasteiger partial charge in [-0.3, -0.25) is 0 Å². The van der Waals surface area contributed by atoms with Gasteiger partial charge in [-0.05, 0) is 114 Å². The molecule has 3 aliphatic carbocycles. The number of para-hydroxylation sites is 2. The topological polar surface area (TPSA) is 16.4 Å². The first-order valence-electron chi connectivity index (χ1n) is 23.1. The van der Waals surface area contributed by atoms with Crippen molar-refractivity contribution in [2.45, 2.75) is 24.7 Å². The van der Waals surface area contributed by atoms with E-state index >= 15 is 0 Å². The normalized spacial score (nSPS) is 15.6. The van der Waals surface area contributed by atoms with E-state index in [-0.39, 0.29) is 5.41 Å². The molecular weight excluding hydrogens is 799 g/mol. The number of anilines is 3. The first-order valence-corrected chi connectivity index (χ1v) is 23.1. The number of nitrogens with zero attached hydrogens (tertiary/aromatic N) is 1. The van der Waals surface area contributed by atoms with Crippen LogP contribution < -0.4 is 4.90 Å². The lowest BCUT2D eigenvalue weighted by molar-refractivity contribution is 0.660. The van der Waals surface area contributed by atoms with Crippen LogP contribution in [0.1, 0.15) is 47.2 Å². The van der Waals surface area contributed by atoms with Gasteiger partial charge in [0.2, 0.25) is 0 Å². The fourth-order valence-corrected chi connectivity index (χ4v) is 12.3. The Balaban J connectivity index is 1.04. The predicted octanol–water partition coefficient (Wildman–Crippen LogP) is 17.0. The van der Waals surface area contributed by atoms with Crippen LogP contribution in [0.25, 0.3) is 77.6 Å². The average Bonchev–Trinajstić information content (AvgIpc) is 4.07. The fraction of sp³-hybridized carbons (Fsp3) is 0.0625. The summed E-state index contributed by atoms with van der Waals surface area (Å²) in [4.78, 5) is 2.54. The molecule has 0 amide bonds. The monoisotopic (exact) mass is 841 g/mol. The third-order valence-corrected chi connectivity index (χ3v) is 15.1. The summed E-state index contributed by atoms with van der Waals surface area (Å²) in [6, 6.07) is 83.3. The number of furan rings is 1. The van der Waals surface area contributed by atoms with Crippen LogP contribution in [0.3, 0.4) is 0 Å². The van der Waals surface area contributed by atoms with Crippen LogP contribution >= 0.6 is 0 Å². The maximum atomic E-state index is 6.56. The summed E-state index contributed by atoms with van der Waals surface area (Å²) in [5.41, 5.74) is 24.9. The van der Waals surface area contributed by atoms with Crippen molar-refractivity contribution in [2.75, 3.05) is 4.90 Å². The second-order valence-corrected chi connectivity index (χ2v) is 18.7. The van der Waals surface area contributed by atoms with Crippen molar-refractivity contribution in [2.24, 2.45) is 0 Å². The highest BCUT2D eigenvalue weighted by Crippen LogP contribution is 2.66. The maximum absolute atomic E-state index is 6.56. The molecule has 0 N–H and O–H groups in total. The van der Waals surface area contributed by atoms with Gasteiger partial charge in [-0.25, -0.2) is 0 Å². The van der Waals surface area contributed by atoms with Crippen LogP contribution in [-0.2, 0) is 10.8 Å².